The number of aromatic nitrogens is 1. The van der Waals surface area contributed by atoms with E-state index in [1.165, 1.54) is 28.8 Å². The van der Waals surface area contributed by atoms with Gasteiger partial charge in [-0.3, -0.25) is 4.98 Å². The van der Waals surface area contributed by atoms with Crippen LogP contribution < -0.4 is 0 Å². The van der Waals surface area contributed by atoms with Gasteiger partial charge in [0, 0.05) is 12.1 Å². The first kappa shape index (κ1) is 14.6. The average molecular weight is 305 g/mol. The normalized spacial score (nSPS) is 25.7. The van der Waals surface area contributed by atoms with Crippen molar-refractivity contribution in [2.75, 3.05) is 0 Å². The molecular weight excluding hydrogens is 282 g/mol. The molecule has 2 nitrogen and oxygen atoms in total. The minimum atomic E-state index is 0.285. The molecule has 1 unspecified atom stereocenters. The zero-order valence-corrected chi connectivity index (χ0v) is 13.6. The highest BCUT2D eigenvalue weighted by atomic mass is 16.5. The Morgan fingerprint density at radius 3 is 2.83 bits per heavy atom. The van der Waals surface area contributed by atoms with Crippen LogP contribution in [0.2, 0.25) is 0 Å². The average Bonchev–Trinajstić information content (AvgIpc) is 3.21. The SMILES string of the molecule is Cc1ccnc2c1C=CC2CC[C@H]1CC[C@H](c2ccccc2)O1. The van der Waals surface area contributed by atoms with Crippen LogP contribution in [0.5, 0.6) is 0 Å². The van der Waals surface area contributed by atoms with Crippen molar-refractivity contribution < 1.29 is 4.74 Å². The van der Waals surface area contributed by atoms with Crippen LogP contribution in [0, 0.1) is 6.92 Å². The van der Waals surface area contributed by atoms with Crippen LogP contribution in [0.1, 0.15) is 60.1 Å². The second-order valence-corrected chi connectivity index (χ2v) is 6.70. The highest BCUT2D eigenvalue weighted by Gasteiger charge is 2.28. The number of allylic oxidation sites excluding steroid dienone is 1. The van der Waals surface area contributed by atoms with Crippen LogP contribution in [0.4, 0.5) is 0 Å². The van der Waals surface area contributed by atoms with Gasteiger partial charge in [-0.2, -0.15) is 0 Å². The van der Waals surface area contributed by atoms with Crippen molar-refractivity contribution in [3.63, 3.8) is 0 Å². The van der Waals surface area contributed by atoms with Gasteiger partial charge in [-0.25, -0.2) is 0 Å². The highest BCUT2D eigenvalue weighted by molar-refractivity contribution is 5.63. The molecule has 0 bridgehead atoms. The molecule has 2 heterocycles. The number of ether oxygens (including phenoxy) is 1. The first-order valence-electron chi connectivity index (χ1n) is 8.65. The van der Waals surface area contributed by atoms with Gasteiger partial charge in [0.15, 0.2) is 0 Å². The van der Waals surface area contributed by atoms with Gasteiger partial charge in [0.25, 0.3) is 0 Å². The maximum absolute atomic E-state index is 6.27. The van der Waals surface area contributed by atoms with Crippen molar-refractivity contribution in [1.29, 1.82) is 0 Å². The smallest absolute Gasteiger partial charge is 0.0829 e. The number of pyridine rings is 1. The maximum atomic E-state index is 6.27. The highest BCUT2D eigenvalue weighted by Crippen LogP contribution is 2.38. The Balaban J connectivity index is 1.35. The summed E-state index contributed by atoms with van der Waals surface area (Å²) in [6.07, 6.45) is 11.7. The third-order valence-electron chi connectivity index (χ3n) is 5.16. The largest absolute Gasteiger partial charge is 0.370 e. The molecule has 23 heavy (non-hydrogen) atoms. The number of fused-ring (bicyclic) bond motifs is 1. The predicted molar refractivity (Wildman–Crippen MR) is 93.3 cm³/mol. The van der Waals surface area contributed by atoms with E-state index >= 15 is 0 Å². The lowest BCUT2D eigenvalue weighted by Gasteiger charge is -2.16. The zero-order chi connectivity index (χ0) is 15.6. The van der Waals surface area contributed by atoms with E-state index in [1.807, 2.05) is 6.20 Å². The molecular formula is C21H23NO. The standard InChI is InChI=1S/C21H23NO/c1-15-13-14-22-21-17(8-11-19(15)21)7-9-18-10-12-20(23-18)16-5-3-2-4-6-16/h2-6,8,11,13-14,17-18,20H,7,9-10,12H2,1H3/t17?,18-,20+/m0/s1. The molecule has 0 N–H and O–H groups in total. The van der Waals surface area contributed by atoms with Crippen LogP contribution in [0.15, 0.2) is 48.7 Å². The quantitative estimate of drug-likeness (QED) is 0.774. The van der Waals surface area contributed by atoms with Gasteiger partial charge in [-0.1, -0.05) is 42.5 Å². The fourth-order valence-electron chi connectivity index (χ4n) is 3.84. The van der Waals surface area contributed by atoms with Crippen LogP contribution in [-0.2, 0) is 4.74 Å². The molecule has 1 aliphatic heterocycles. The Hall–Kier alpha value is -1.93. The number of aryl methyl sites for hydroxylation is 1. The van der Waals surface area contributed by atoms with E-state index in [9.17, 15) is 0 Å². The fourth-order valence-corrected chi connectivity index (χ4v) is 3.84. The Labute approximate surface area is 138 Å². The molecule has 0 spiro atoms. The molecule has 0 amide bonds. The monoisotopic (exact) mass is 305 g/mol. The summed E-state index contributed by atoms with van der Waals surface area (Å²) in [4.78, 5) is 4.61. The molecule has 2 heteroatoms. The maximum Gasteiger partial charge on any atom is 0.0829 e. The first-order valence-corrected chi connectivity index (χ1v) is 8.65. The Morgan fingerprint density at radius 1 is 1.09 bits per heavy atom. The molecule has 118 valence electrons. The van der Waals surface area contributed by atoms with Crippen molar-refractivity contribution in [2.24, 2.45) is 0 Å². The molecule has 1 saturated heterocycles. The summed E-state index contributed by atoms with van der Waals surface area (Å²) >= 11 is 0. The first-order chi connectivity index (χ1) is 11.3. The van der Waals surface area contributed by atoms with Gasteiger partial charge < -0.3 is 4.74 Å². The fraction of sp³-hybridized carbons (Fsp3) is 0.381. The van der Waals surface area contributed by atoms with Crippen molar-refractivity contribution in [3.8, 4) is 0 Å². The number of nitrogens with zero attached hydrogens (tertiary/aromatic N) is 1. The molecule has 2 aliphatic rings. The summed E-state index contributed by atoms with van der Waals surface area (Å²) in [6.45, 7) is 2.16. The summed E-state index contributed by atoms with van der Waals surface area (Å²) in [7, 11) is 0. The Bertz CT molecular complexity index is 707. The summed E-state index contributed by atoms with van der Waals surface area (Å²) in [5.41, 5.74) is 5.23. The lowest BCUT2D eigenvalue weighted by Crippen LogP contribution is -2.09. The second kappa shape index (κ2) is 6.29. The lowest BCUT2D eigenvalue weighted by atomic mass is 9.97. The van der Waals surface area contributed by atoms with Gasteiger partial charge in [-0.15, -0.1) is 0 Å². The molecule has 1 aromatic heterocycles. The topological polar surface area (TPSA) is 22.1 Å². The second-order valence-electron chi connectivity index (χ2n) is 6.70. The van der Waals surface area contributed by atoms with E-state index < -0.39 is 0 Å². The molecule has 2 aromatic rings. The summed E-state index contributed by atoms with van der Waals surface area (Å²) < 4.78 is 6.27. The summed E-state index contributed by atoms with van der Waals surface area (Å²) in [5.74, 6) is 0.462. The van der Waals surface area contributed by atoms with E-state index in [2.05, 4.69) is 60.5 Å². The third-order valence-corrected chi connectivity index (χ3v) is 5.16. The van der Waals surface area contributed by atoms with E-state index in [4.69, 9.17) is 4.74 Å². The molecule has 4 rings (SSSR count). The number of hydrogen-bond donors (Lipinski definition) is 0. The molecule has 1 aromatic carbocycles. The summed E-state index contributed by atoms with van der Waals surface area (Å²) in [5, 5.41) is 0. The summed E-state index contributed by atoms with van der Waals surface area (Å²) in [6, 6.07) is 12.7. The van der Waals surface area contributed by atoms with E-state index in [-0.39, 0.29) is 6.10 Å². The van der Waals surface area contributed by atoms with Crippen LogP contribution in [0.3, 0.4) is 0 Å². The third kappa shape index (κ3) is 2.96. The predicted octanol–water partition coefficient (Wildman–Crippen LogP) is 5.20. The van der Waals surface area contributed by atoms with Crippen molar-refractivity contribution in [1.82, 2.24) is 4.98 Å². The van der Waals surface area contributed by atoms with Gasteiger partial charge in [0.1, 0.15) is 0 Å². The Morgan fingerprint density at radius 2 is 1.96 bits per heavy atom. The molecule has 1 aliphatic carbocycles. The van der Waals surface area contributed by atoms with E-state index in [1.54, 1.807) is 0 Å². The van der Waals surface area contributed by atoms with Crippen LogP contribution in [-0.4, -0.2) is 11.1 Å². The van der Waals surface area contributed by atoms with E-state index in [0.717, 1.165) is 19.3 Å². The molecule has 0 saturated carbocycles. The molecule has 0 radical (unpaired) electrons. The van der Waals surface area contributed by atoms with Crippen molar-refractivity contribution in [3.05, 3.63) is 71.1 Å². The van der Waals surface area contributed by atoms with Gasteiger partial charge >= 0.3 is 0 Å². The minimum absolute atomic E-state index is 0.285. The lowest BCUT2D eigenvalue weighted by molar-refractivity contribution is 0.0384. The van der Waals surface area contributed by atoms with E-state index in [0.29, 0.717) is 12.0 Å². The van der Waals surface area contributed by atoms with Crippen molar-refractivity contribution in [2.45, 2.75) is 50.7 Å². The number of rotatable bonds is 4. The molecule has 1 fully saturated rings. The minimum Gasteiger partial charge on any atom is -0.370 e. The van der Waals surface area contributed by atoms with Crippen LogP contribution >= 0.6 is 0 Å². The zero-order valence-electron chi connectivity index (χ0n) is 13.6. The van der Waals surface area contributed by atoms with Gasteiger partial charge in [-0.05, 0) is 55.4 Å². The van der Waals surface area contributed by atoms with Gasteiger partial charge in [0.05, 0.1) is 17.9 Å². The van der Waals surface area contributed by atoms with Crippen molar-refractivity contribution >= 4 is 6.08 Å². The number of hydrogen-bond acceptors (Lipinski definition) is 2. The number of benzene rings is 1. The Kier molecular flexibility index (Phi) is 4.00. The van der Waals surface area contributed by atoms with Crippen LogP contribution in [0.25, 0.3) is 6.08 Å². The molecule has 3 atom stereocenters. The van der Waals surface area contributed by atoms with Gasteiger partial charge in [0.2, 0.25) is 0 Å².